The highest BCUT2D eigenvalue weighted by molar-refractivity contribution is 5.21. The maximum atomic E-state index is 4.17. The summed E-state index contributed by atoms with van der Waals surface area (Å²) in [7, 11) is 0. The Morgan fingerprint density at radius 3 is 1.06 bits per heavy atom. The van der Waals surface area contributed by atoms with E-state index in [1.54, 1.807) is 0 Å². The van der Waals surface area contributed by atoms with Crippen molar-refractivity contribution < 1.29 is 0 Å². The summed E-state index contributed by atoms with van der Waals surface area (Å²) in [5.74, 6) is 0. The first-order valence-electron chi connectivity index (χ1n) is 16.4. The molecule has 6 aromatic rings. The average molecular weight is 641 g/mol. The van der Waals surface area contributed by atoms with Crippen LogP contribution in [-0.2, 0) is 0 Å². The van der Waals surface area contributed by atoms with Gasteiger partial charge in [0.1, 0.15) is 0 Å². The van der Waals surface area contributed by atoms with Crippen LogP contribution in [0.1, 0.15) is 67.3 Å². The monoisotopic (exact) mass is 640 g/mol. The number of hydrogen-bond acceptors (Lipinski definition) is 4. The zero-order chi connectivity index (χ0) is 35.9. The van der Waals surface area contributed by atoms with Crippen LogP contribution in [-0.4, -0.2) is 19.9 Å². The molecule has 0 radical (unpaired) electrons. The third kappa shape index (κ3) is 21.7. The summed E-state index contributed by atoms with van der Waals surface area (Å²) in [4.78, 5) is 16.3. The van der Waals surface area contributed by atoms with Gasteiger partial charge >= 0.3 is 0 Å². The van der Waals surface area contributed by atoms with Gasteiger partial charge < -0.3 is 0 Å². The molecule has 252 valence electrons. The zero-order valence-electron chi connectivity index (χ0n) is 31.3. The molecule has 4 aromatic heterocycles. The minimum Gasteiger partial charge on any atom is -0.264 e. The van der Waals surface area contributed by atoms with Gasteiger partial charge in [0.15, 0.2) is 0 Å². The fourth-order valence-corrected chi connectivity index (χ4v) is 4.06. The highest BCUT2D eigenvalue weighted by atomic mass is 14.7. The normalized spacial score (nSPS) is 9.25. The first kappa shape index (κ1) is 41.1. The number of nitrogens with zero attached hydrogens (tertiary/aromatic N) is 4. The molecule has 0 saturated heterocycles. The fraction of sp³-hybridized carbons (Fsp3) is 0.273. The SMILES string of the molecule is Cc1ccc(C)cc1.Cc1ccc(C)nc1.Cc1cccc(C)c1.Cc1cccc(C)n1.Cc1ccnc(C)c1.Cc1cncc(C)c1. The van der Waals surface area contributed by atoms with Crippen molar-refractivity contribution in [3.8, 4) is 0 Å². The van der Waals surface area contributed by atoms with Crippen LogP contribution in [0.15, 0.2) is 122 Å². The van der Waals surface area contributed by atoms with E-state index in [0.29, 0.717) is 0 Å². The van der Waals surface area contributed by atoms with Gasteiger partial charge in [-0.1, -0.05) is 89.0 Å². The van der Waals surface area contributed by atoms with Gasteiger partial charge in [0, 0.05) is 47.6 Å². The predicted molar refractivity (Wildman–Crippen MR) is 207 cm³/mol. The molecule has 4 nitrogen and oxygen atoms in total. The molecule has 48 heavy (non-hydrogen) atoms. The van der Waals surface area contributed by atoms with Crippen molar-refractivity contribution in [1.82, 2.24) is 19.9 Å². The van der Waals surface area contributed by atoms with Crippen LogP contribution in [0.5, 0.6) is 0 Å². The number of aromatic nitrogens is 4. The summed E-state index contributed by atoms with van der Waals surface area (Å²) >= 11 is 0. The molecule has 0 amide bonds. The molecule has 2 aromatic carbocycles. The number of benzene rings is 2. The molecule has 0 aliphatic heterocycles. The summed E-state index contributed by atoms with van der Waals surface area (Å²) in [5, 5.41) is 0. The number of pyridine rings is 4. The van der Waals surface area contributed by atoms with Crippen LogP contribution in [0, 0.1) is 83.1 Å². The molecule has 0 saturated carbocycles. The molecule has 0 unspecified atom stereocenters. The molecule has 0 N–H and O–H groups in total. The first-order chi connectivity index (χ1) is 22.7. The predicted octanol–water partition coefficient (Wildman–Crippen LogP) is 11.4. The Morgan fingerprint density at radius 2 is 0.771 bits per heavy atom. The summed E-state index contributed by atoms with van der Waals surface area (Å²) < 4.78 is 0. The van der Waals surface area contributed by atoms with Crippen LogP contribution in [0.2, 0.25) is 0 Å². The van der Waals surface area contributed by atoms with Crippen molar-refractivity contribution in [3.63, 3.8) is 0 Å². The smallest absolute Gasteiger partial charge is 0.0375 e. The largest absolute Gasteiger partial charge is 0.264 e. The Labute approximate surface area is 291 Å². The van der Waals surface area contributed by atoms with E-state index < -0.39 is 0 Å². The molecule has 6 rings (SSSR count). The Kier molecular flexibility index (Phi) is 20.0. The quantitative estimate of drug-likeness (QED) is 0.166. The first-order valence-corrected chi connectivity index (χ1v) is 16.4. The molecule has 0 fully saturated rings. The third-order valence-electron chi connectivity index (χ3n) is 6.54. The lowest BCUT2D eigenvalue weighted by atomic mass is 10.2. The van der Waals surface area contributed by atoms with E-state index in [9.17, 15) is 0 Å². The average Bonchev–Trinajstić information content (AvgIpc) is 3.01. The lowest BCUT2D eigenvalue weighted by molar-refractivity contribution is 1.12. The van der Waals surface area contributed by atoms with E-state index in [0.717, 1.165) is 22.8 Å². The van der Waals surface area contributed by atoms with Crippen LogP contribution < -0.4 is 0 Å². The van der Waals surface area contributed by atoms with Crippen molar-refractivity contribution in [1.29, 1.82) is 0 Å². The highest BCUT2D eigenvalue weighted by Gasteiger charge is 1.85. The van der Waals surface area contributed by atoms with Crippen molar-refractivity contribution in [3.05, 3.63) is 189 Å². The fourth-order valence-electron chi connectivity index (χ4n) is 4.06. The van der Waals surface area contributed by atoms with Gasteiger partial charge in [-0.2, -0.15) is 0 Å². The molecule has 0 spiro atoms. The maximum absolute atomic E-state index is 4.17. The second-order valence-corrected chi connectivity index (χ2v) is 12.2. The van der Waals surface area contributed by atoms with E-state index in [-0.39, 0.29) is 0 Å². The standard InChI is InChI=1S/2C8H10.4C7H9N/c1-7-3-5-8(2)6-4-7;1-7-4-3-5-8(2)6-7;1-6-3-7(2)5-8-4-6;1-6-3-4-8-7(2)5-6;1-6-3-4-7(2)8-5-6;1-6-4-3-5-7(2)8-6/h2*3-6H,1-2H3;4*3-5H,1-2H3. The van der Waals surface area contributed by atoms with Gasteiger partial charge in [-0.25, -0.2) is 0 Å². The Balaban J connectivity index is 0.000000288. The summed E-state index contributed by atoms with van der Waals surface area (Å²) in [6.45, 7) is 24.5. The Morgan fingerprint density at radius 1 is 0.312 bits per heavy atom. The van der Waals surface area contributed by atoms with Crippen LogP contribution >= 0.6 is 0 Å². The van der Waals surface area contributed by atoms with Gasteiger partial charge in [-0.05, 0) is 136 Å². The van der Waals surface area contributed by atoms with Crippen molar-refractivity contribution in [2.45, 2.75) is 83.1 Å². The number of rotatable bonds is 0. The van der Waals surface area contributed by atoms with Gasteiger partial charge in [0.05, 0.1) is 0 Å². The zero-order valence-corrected chi connectivity index (χ0v) is 31.3. The Hall–Kier alpha value is -4.96. The van der Waals surface area contributed by atoms with Crippen LogP contribution in [0.25, 0.3) is 0 Å². The van der Waals surface area contributed by atoms with E-state index in [4.69, 9.17) is 0 Å². The van der Waals surface area contributed by atoms with Crippen LogP contribution in [0.3, 0.4) is 0 Å². The lowest BCUT2D eigenvalue weighted by Gasteiger charge is -1.90. The molecule has 0 bridgehead atoms. The summed E-state index contributed by atoms with van der Waals surface area (Å²) in [6, 6.07) is 33.1. The molecule has 0 atom stereocenters. The highest BCUT2D eigenvalue weighted by Crippen LogP contribution is 2.01. The van der Waals surface area contributed by atoms with Crippen molar-refractivity contribution in [2.24, 2.45) is 0 Å². The van der Waals surface area contributed by atoms with E-state index >= 15 is 0 Å². The molecule has 0 aliphatic carbocycles. The third-order valence-corrected chi connectivity index (χ3v) is 6.54. The van der Waals surface area contributed by atoms with E-state index in [1.165, 1.54) is 44.5 Å². The van der Waals surface area contributed by atoms with Crippen molar-refractivity contribution >= 4 is 0 Å². The molecular formula is C44H56N4. The molecular weight excluding hydrogens is 585 g/mol. The minimum atomic E-state index is 1.08. The van der Waals surface area contributed by atoms with E-state index in [2.05, 4.69) is 121 Å². The lowest BCUT2D eigenvalue weighted by Crippen LogP contribution is -1.81. The number of aryl methyl sites for hydroxylation is 12. The summed E-state index contributed by atoms with van der Waals surface area (Å²) in [6.07, 6.45) is 7.40. The number of hydrogen-bond donors (Lipinski definition) is 0. The minimum absolute atomic E-state index is 1.08. The summed E-state index contributed by atoms with van der Waals surface area (Å²) in [5.41, 5.74) is 14.6. The van der Waals surface area contributed by atoms with Gasteiger partial charge in [0.2, 0.25) is 0 Å². The second kappa shape index (κ2) is 23.4. The van der Waals surface area contributed by atoms with Crippen LogP contribution in [0.4, 0.5) is 0 Å². The van der Waals surface area contributed by atoms with Crippen molar-refractivity contribution in [2.75, 3.05) is 0 Å². The topological polar surface area (TPSA) is 51.6 Å². The molecule has 4 heterocycles. The Bertz CT molecular complexity index is 1390. The van der Waals surface area contributed by atoms with Gasteiger partial charge in [-0.15, -0.1) is 0 Å². The van der Waals surface area contributed by atoms with Gasteiger partial charge in [0.25, 0.3) is 0 Å². The van der Waals surface area contributed by atoms with E-state index in [1.807, 2.05) is 104 Å². The second-order valence-electron chi connectivity index (χ2n) is 12.2. The van der Waals surface area contributed by atoms with Gasteiger partial charge in [-0.3, -0.25) is 19.9 Å². The maximum Gasteiger partial charge on any atom is 0.0375 e. The molecule has 0 aliphatic rings. The molecule has 4 heteroatoms.